The van der Waals surface area contributed by atoms with Gasteiger partial charge in [-0.3, -0.25) is 4.79 Å². The molecule has 2 unspecified atom stereocenters. The normalized spacial score (nSPS) is 24.5. The summed E-state index contributed by atoms with van der Waals surface area (Å²) in [6.07, 6.45) is 4.30. The predicted molar refractivity (Wildman–Crippen MR) is 94.2 cm³/mol. The number of hydrogen-bond donors (Lipinski definition) is 1. The Hall–Kier alpha value is -2.12. The molecule has 6 nitrogen and oxygen atoms in total. The maximum Gasteiger partial charge on any atom is 0.380 e. The van der Waals surface area contributed by atoms with Gasteiger partial charge in [0.15, 0.2) is 5.43 Å². The van der Waals surface area contributed by atoms with Crippen LogP contribution in [0.5, 0.6) is 5.75 Å². The summed E-state index contributed by atoms with van der Waals surface area (Å²) in [5, 5.41) is 5.11. The molecular weight excluding hydrogens is 342 g/mol. The fourth-order valence-corrected chi connectivity index (χ4v) is 4.46. The average Bonchev–Trinajstić information content (AvgIpc) is 2.53. The SMILES string of the molecule is CC1(C)C2CC=C(c3cc(=O)c4cc(OS(N)(=O)=O)ccc4o3)C1C2. The second kappa shape index (κ2) is 5.19. The van der Waals surface area contributed by atoms with E-state index in [1.165, 1.54) is 24.3 Å². The van der Waals surface area contributed by atoms with Gasteiger partial charge in [-0.1, -0.05) is 19.9 Å². The third-order valence-corrected chi connectivity index (χ3v) is 6.09. The number of allylic oxidation sites excluding steroid dienone is 2. The maximum atomic E-state index is 12.5. The molecule has 0 radical (unpaired) electrons. The molecule has 7 heteroatoms. The van der Waals surface area contributed by atoms with E-state index in [0.717, 1.165) is 18.4 Å². The molecule has 25 heavy (non-hydrogen) atoms. The topological polar surface area (TPSA) is 99.6 Å². The molecule has 5 rings (SSSR count). The molecule has 1 aromatic carbocycles. The molecular formula is C18H19NO5S. The van der Waals surface area contributed by atoms with Crippen LogP contribution in [-0.4, -0.2) is 8.42 Å². The second-order valence-corrected chi connectivity index (χ2v) is 8.56. The van der Waals surface area contributed by atoms with Crippen LogP contribution in [0.3, 0.4) is 0 Å². The first-order valence-electron chi connectivity index (χ1n) is 8.16. The van der Waals surface area contributed by atoms with Crippen molar-refractivity contribution in [1.82, 2.24) is 0 Å². The number of nitrogens with two attached hydrogens (primary N) is 1. The summed E-state index contributed by atoms with van der Waals surface area (Å²) in [7, 11) is -4.14. The van der Waals surface area contributed by atoms with Gasteiger partial charge in [-0.25, -0.2) is 0 Å². The third kappa shape index (κ3) is 2.67. The predicted octanol–water partition coefficient (Wildman–Crippen LogP) is 2.82. The lowest BCUT2D eigenvalue weighted by Gasteiger charge is -2.56. The van der Waals surface area contributed by atoms with Crippen molar-refractivity contribution in [2.75, 3.05) is 0 Å². The Morgan fingerprint density at radius 1 is 1.28 bits per heavy atom. The number of benzene rings is 1. The first-order chi connectivity index (χ1) is 11.6. The van der Waals surface area contributed by atoms with Crippen molar-refractivity contribution in [1.29, 1.82) is 0 Å². The first-order valence-corrected chi connectivity index (χ1v) is 9.63. The van der Waals surface area contributed by atoms with E-state index in [1.807, 2.05) is 0 Å². The van der Waals surface area contributed by atoms with Crippen molar-refractivity contribution < 1.29 is 17.0 Å². The lowest BCUT2D eigenvalue weighted by atomic mass is 9.48. The van der Waals surface area contributed by atoms with Gasteiger partial charge in [0.2, 0.25) is 0 Å². The highest BCUT2D eigenvalue weighted by Gasteiger charge is 2.51. The summed E-state index contributed by atoms with van der Waals surface area (Å²) in [4.78, 5) is 12.5. The molecule has 1 fully saturated rings. The molecule has 132 valence electrons. The quantitative estimate of drug-likeness (QED) is 0.906. The second-order valence-electron chi connectivity index (χ2n) is 7.41. The molecule has 1 saturated carbocycles. The standard InChI is InChI=1S/C18H19NO5S/c1-18(2)10-3-5-12(14(18)7-10)17-9-15(20)13-8-11(24-25(19,21)22)4-6-16(13)23-17/h4-6,8-10,14H,3,7H2,1-2H3,(H2,19,21,22). The minimum Gasteiger partial charge on any atom is -0.456 e. The van der Waals surface area contributed by atoms with Crippen LogP contribution in [-0.2, 0) is 10.3 Å². The van der Waals surface area contributed by atoms with Crippen LogP contribution in [0.2, 0.25) is 0 Å². The Bertz CT molecular complexity index is 1060. The summed E-state index contributed by atoms with van der Waals surface area (Å²) in [5.41, 5.74) is 1.47. The molecule has 3 aliphatic rings. The van der Waals surface area contributed by atoms with Crippen LogP contribution in [0.4, 0.5) is 0 Å². The molecule has 0 amide bonds. The van der Waals surface area contributed by atoms with Crippen LogP contribution in [0.15, 0.2) is 39.6 Å². The first kappa shape index (κ1) is 16.4. The Labute approximate surface area is 145 Å². The minimum atomic E-state index is -4.14. The van der Waals surface area contributed by atoms with E-state index in [9.17, 15) is 13.2 Å². The van der Waals surface area contributed by atoms with Gasteiger partial charge >= 0.3 is 10.3 Å². The minimum absolute atomic E-state index is 0.0186. The van der Waals surface area contributed by atoms with E-state index in [-0.39, 0.29) is 22.0 Å². The summed E-state index contributed by atoms with van der Waals surface area (Å²) in [6.45, 7) is 4.52. The van der Waals surface area contributed by atoms with Crippen molar-refractivity contribution in [2.24, 2.45) is 22.4 Å². The van der Waals surface area contributed by atoms with Crippen molar-refractivity contribution >= 4 is 26.8 Å². The average molecular weight is 361 g/mol. The van der Waals surface area contributed by atoms with Gasteiger partial charge in [-0.05, 0) is 53.9 Å². The Kier molecular flexibility index (Phi) is 3.39. The molecule has 2 aromatic rings. The van der Waals surface area contributed by atoms with E-state index >= 15 is 0 Å². The summed E-state index contributed by atoms with van der Waals surface area (Å²) >= 11 is 0. The molecule has 2 atom stereocenters. The van der Waals surface area contributed by atoms with Crippen LogP contribution in [0.1, 0.15) is 32.4 Å². The summed E-state index contributed by atoms with van der Waals surface area (Å²) in [6, 6.07) is 5.74. The van der Waals surface area contributed by atoms with Crippen molar-refractivity contribution in [3.8, 4) is 5.75 Å². The lowest BCUT2D eigenvalue weighted by Crippen LogP contribution is -2.47. The zero-order valence-corrected chi connectivity index (χ0v) is 14.8. The van der Waals surface area contributed by atoms with Crippen molar-refractivity contribution in [3.63, 3.8) is 0 Å². The molecule has 0 saturated heterocycles. The van der Waals surface area contributed by atoms with Crippen LogP contribution < -0.4 is 14.8 Å². The third-order valence-electron chi connectivity index (χ3n) is 5.66. The van der Waals surface area contributed by atoms with E-state index in [4.69, 9.17) is 9.56 Å². The van der Waals surface area contributed by atoms with Gasteiger partial charge in [0, 0.05) is 6.07 Å². The molecule has 1 heterocycles. The molecule has 3 aliphatic carbocycles. The Morgan fingerprint density at radius 3 is 2.68 bits per heavy atom. The van der Waals surface area contributed by atoms with Crippen molar-refractivity contribution in [2.45, 2.75) is 26.7 Å². The van der Waals surface area contributed by atoms with Crippen molar-refractivity contribution in [3.05, 3.63) is 46.3 Å². The van der Waals surface area contributed by atoms with E-state index in [1.54, 1.807) is 0 Å². The maximum absolute atomic E-state index is 12.5. The molecule has 0 aliphatic heterocycles. The highest BCUT2D eigenvalue weighted by atomic mass is 32.2. The van der Waals surface area contributed by atoms with Crippen LogP contribution in [0, 0.1) is 17.3 Å². The summed E-state index contributed by atoms with van der Waals surface area (Å²) in [5.74, 6) is 1.67. The van der Waals surface area contributed by atoms with E-state index in [0.29, 0.717) is 23.2 Å². The fraction of sp³-hybridized carbons (Fsp3) is 0.389. The van der Waals surface area contributed by atoms with Gasteiger partial charge in [-0.15, -0.1) is 0 Å². The zero-order valence-electron chi connectivity index (χ0n) is 14.0. The van der Waals surface area contributed by atoms with Gasteiger partial charge in [0.25, 0.3) is 0 Å². The molecule has 2 bridgehead atoms. The van der Waals surface area contributed by atoms with Crippen LogP contribution in [0.25, 0.3) is 16.5 Å². The number of fused-ring (bicyclic) bond motifs is 2. The number of rotatable bonds is 3. The molecule has 1 aromatic heterocycles. The molecule has 0 spiro atoms. The van der Waals surface area contributed by atoms with E-state index in [2.05, 4.69) is 24.1 Å². The zero-order chi connectivity index (χ0) is 18.0. The van der Waals surface area contributed by atoms with Gasteiger partial charge < -0.3 is 8.60 Å². The van der Waals surface area contributed by atoms with Gasteiger partial charge in [0.05, 0.1) is 5.39 Å². The Morgan fingerprint density at radius 2 is 2.04 bits per heavy atom. The van der Waals surface area contributed by atoms with Gasteiger partial charge in [0.1, 0.15) is 17.1 Å². The van der Waals surface area contributed by atoms with Gasteiger partial charge in [-0.2, -0.15) is 13.6 Å². The highest BCUT2D eigenvalue weighted by Crippen LogP contribution is 2.61. The lowest BCUT2D eigenvalue weighted by molar-refractivity contribution is 0.0102. The number of hydrogen-bond acceptors (Lipinski definition) is 5. The smallest absolute Gasteiger partial charge is 0.380 e. The highest BCUT2D eigenvalue weighted by molar-refractivity contribution is 7.84. The fourth-order valence-electron chi connectivity index (χ4n) is 4.09. The van der Waals surface area contributed by atoms with E-state index < -0.39 is 10.3 Å². The monoisotopic (exact) mass is 361 g/mol. The largest absolute Gasteiger partial charge is 0.456 e. The van der Waals surface area contributed by atoms with Crippen LogP contribution >= 0.6 is 0 Å². The Balaban J connectivity index is 1.77. The summed E-state index contributed by atoms with van der Waals surface area (Å²) < 4.78 is 32.6. The molecule has 2 N–H and O–H groups in total.